The molecule has 1 aromatic rings. The van der Waals surface area contributed by atoms with E-state index in [9.17, 15) is 0 Å². The summed E-state index contributed by atoms with van der Waals surface area (Å²) in [6, 6.07) is 8.03. The Bertz CT molecular complexity index is 555. The summed E-state index contributed by atoms with van der Waals surface area (Å²) >= 11 is 0. The molecule has 0 unspecified atom stereocenters. The van der Waals surface area contributed by atoms with Crippen molar-refractivity contribution in [2.45, 2.75) is 6.54 Å². The van der Waals surface area contributed by atoms with Gasteiger partial charge in [0.2, 0.25) is 0 Å². The van der Waals surface area contributed by atoms with Crippen molar-refractivity contribution in [1.82, 2.24) is 9.80 Å². The number of guanidine groups is 1. The summed E-state index contributed by atoms with van der Waals surface area (Å²) in [5, 5.41) is 0. The van der Waals surface area contributed by atoms with Crippen LogP contribution in [0.4, 0.5) is 0 Å². The van der Waals surface area contributed by atoms with E-state index < -0.39 is 0 Å². The monoisotopic (exact) mass is 348 g/mol. The first-order valence-electron chi connectivity index (χ1n) is 8.96. The molecule has 2 heterocycles. The number of aliphatic imine (C=N–C) groups is 1. The molecule has 0 saturated carbocycles. The predicted octanol–water partition coefficient (Wildman–Crippen LogP) is 0.545. The van der Waals surface area contributed by atoms with E-state index in [1.54, 1.807) is 0 Å². The number of para-hydroxylation sites is 1. The number of morpholine rings is 2. The lowest BCUT2D eigenvalue weighted by Gasteiger charge is -2.27. The molecule has 2 fully saturated rings. The average Bonchev–Trinajstić information content (AvgIpc) is 2.68. The van der Waals surface area contributed by atoms with Gasteiger partial charge in [-0.2, -0.15) is 0 Å². The third-order valence-electron chi connectivity index (χ3n) is 4.49. The fourth-order valence-corrected chi connectivity index (χ4v) is 2.94. The number of nitrogens with zero attached hydrogens (tertiary/aromatic N) is 3. The first kappa shape index (κ1) is 18.0. The molecule has 0 aromatic heterocycles. The molecule has 0 atom stereocenters. The van der Waals surface area contributed by atoms with Crippen molar-refractivity contribution >= 4 is 5.96 Å². The van der Waals surface area contributed by atoms with Crippen LogP contribution in [0.25, 0.3) is 0 Å². The summed E-state index contributed by atoms with van der Waals surface area (Å²) in [5.41, 5.74) is 7.16. The fraction of sp³-hybridized carbons (Fsp3) is 0.611. The number of ether oxygens (including phenoxy) is 3. The largest absolute Gasteiger partial charge is 0.492 e. The highest BCUT2D eigenvalue weighted by Crippen LogP contribution is 2.19. The Hall–Kier alpha value is -1.83. The van der Waals surface area contributed by atoms with Gasteiger partial charge in [0.15, 0.2) is 5.96 Å². The average molecular weight is 348 g/mol. The highest BCUT2D eigenvalue weighted by Gasteiger charge is 2.13. The van der Waals surface area contributed by atoms with E-state index in [2.05, 4.69) is 14.8 Å². The van der Waals surface area contributed by atoms with E-state index >= 15 is 0 Å². The van der Waals surface area contributed by atoms with E-state index in [1.807, 2.05) is 24.3 Å². The molecule has 0 bridgehead atoms. The Morgan fingerprint density at radius 2 is 1.72 bits per heavy atom. The SMILES string of the molecule is NC(=NCc1ccccc1OCCN1CCOCC1)N1CCOCC1. The van der Waals surface area contributed by atoms with Crippen molar-refractivity contribution in [3.05, 3.63) is 29.8 Å². The zero-order valence-corrected chi connectivity index (χ0v) is 14.7. The molecule has 0 spiro atoms. The van der Waals surface area contributed by atoms with Crippen LogP contribution in [0.3, 0.4) is 0 Å². The van der Waals surface area contributed by atoms with E-state index in [1.165, 1.54) is 0 Å². The van der Waals surface area contributed by atoms with Crippen molar-refractivity contribution in [2.24, 2.45) is 10.7 Å². The molecule has 25 heavy (non-hydrogen) atoms. The van der Waals surface area contributed by atoms with Crippen LogP contribution in [0.15, 0.2) is 29.3 Å². The smallest absolute Gasteiger partial charge is 0.191 e. The Balaban J connectivity index is 1.51. The van der Waals surface area contributed by atoms with Crippen LogP contribution in [0.5, 0.6) is 5.75 Å². The van der Waals surface area contributed by atoms with Gasteiger partial charge in [-0.3, -0.25) is 4.90 Å². The zero-order valence-electron chi connectivity index (χ0n) is 14.7. The summed E-state index contributed by atoms with van der Waals surface area (Å²) < 4.78 is 16.7. The normalized spacial score (nSPS) is 19.8. The maximum absolute atomic E-state index is 6.11. The van der Waals surface area contributed by atoms with E-state index in [0.717, 1.165) is 57.3 Å². The summed E-state index contributed by atoms with van der Waals surface area (Å²) in [6.45, 7) is 8.69. The number of hydrogen-bond acceptors (Lipinski definition) is 5. The van der Waals surface area contributed by atoms with Gasteiger partial charge in [0.1, 0.15) is 12.4 Å². The third-order valence-corrected chi connectivity index (χ3v) is 4.49. The van der Waals surface area contributed by atoms with Crippen LogP contribution in [0, 0.1) is 0 Å². The summed E-state index contributed by atoms with van der Waals surface area (Å²) in [7, 11) is 0. The fourth-order valence-electron chi connectivity index (χ4n) is 2.94. The second-order valence-corrected chi connectivity index (χ2v) is 6.18. The number of nitrogens with two attached hydrogens (primary N) is 1. The molecule has 3 rings (SSSR count). The molecule has 7 heteroatoms. The van der Waals surface area contributed by atoms with Gasteiger partial charge in [-0.05, 0) is 6.07 Å². The second-order valence-electron chi connectivity index (χ2n) is 6.18. The molecule has 0 amide bonds. The standard InChI is InChI=1S/C18H28N4O3/c19-18(22-8-12-24-13-9-22)20-15-16-3-1-2-4-17(16)25-14-7-21-5-10-23-11-6-21/h1-4H,5-15H2,(H2,19,20). The van der Waals surface area contributed by atoms with Gasteiger partial charge >= 0.3 is 0 Å². The Kier molecular flexibility index (Phi) is 6.90. The number of rotatable bonds is 6. The van der Waals surface area contributed by atoms with Gasteiger partial charge in [0.25, 0.3) is 0 Å². The molecule has 0 radical (unpaired) electrons. The molecular weight excluding hydrogens is 320 g/mol. The lowest BCUT2D eigenvalue weighted by Crippen LogP contribution is -2.44. The molecule has 2 saturated heterocycles. The van der Waals surface area contributed by atoms with Gasteiger partial charge in [0, 0.05) is 38.3 Å². The van der Waals surface area contributed by atoms with Gasteiger partial charge in [-0.25, -0.2) is 4.99 Å². The maximum atomic E-state index is 6.11. The molecule has 2 aliphatic heterocycles. The Morgan fingerprint density at radius 3 is 2.48 bits per heavy atom. The van der Waals surface area contributed by atoms with Crippen molar-refractivity contribution in [3.63, 3.8) is 0 Å². The molecule has 1 aromatic carbocycles. The minimum Gasteiger partial charge on any atom is -0.492 e. The molecule has 2 N–H and O–H groups in total. The van der Waals surface area contributed by atoms with Crippen LogP contribution in [0.1, 0.15) is 5.56 Å². The molecule has 0 aliphatic carbocycles. The van der Waals surface area contributed by atoms with Crippen LogP contribution >= 0.6 is 0 Å². The highest BCUT2D eigenvalue weighted by molar-refractivity contribution is 5.78. The van der Waals surface area contributed by atoms with Crippen LogP contribution in [-0.4, -0.2) is 81.5 Å². The van der Waals surface area contributed by atoms with Crippen molar-refractivity contribution in [1.29, 1.82) is 0 Å². The topological polar surface area (TPSA) is 72.5 Å². The maximum Gasteiger partial charge on any atom is 0.191 e. The number of benzene rings is 1. The lowest BCUT2D eigenvalue weighted by molar-refractivity contribution is 0.0322. The van der Waals surface area contributed by atoms with Crippen molar-refractivity contribution in [3.8, 4) is 5.75 Å². The van der Waals surface area contributed by atoms with Crippen LogP contribution in [-0.2, 0) is 16.0 Å². The Labute approximate surface area is 149 Å². The Morgan fingerprint density at radius 1 is 1.04 bits per heavy atom. The summed E-state index contributed by atoms with van der Waals surface area (Å²) in [5.74, 6) is 1.46. The van der Waals surface area contributed by atoms with Crippen molar-refractivity contribution < 1.29 is 14.2 Å². The quantitative estimate of drug-likeness (QED) is 0.598. The first-order chi connectivity index (χ1) is 12.3. The van der Waals surface area contributed by atoms with E-state index in [-0.39, 0.29) is 0 Å². The van der Waals surface area contributed by atoms with Gasteiger partial charge in [-0.15, -0.1) is 0 Å². The van der Waals surface area contributed by atoms with E-state index in [4.69, 9.17) is 19.9 Å². The second kappa shape index (κ2) is 9.60. The molecule has 138 valence electrons. The molecule has 2 aliphatic rings. The summed E-state index contributed by atoms with van der Waals surface area (Å²) in [6.07, 6.45) is 0. The van der Waals surface area contributed by atoms with Gasteiger partial charge in [-0.1, -0.05) is 18.2 Å². The first-order valence-corrected chi connectivity index (χ1v) is 8.96. The molecular formula is C18H28N4O3. The lowest BCUT2D eigenvalue weighted by atomic mass is 10.2. The number of hydrogen-bond donors (Lipinski definition) is 1. The molecule has 7 nitrogen and oxygen atoms in total. The van der Waals surface area contributed by atoms with Crippen LogP contribution in [0.2, 0.25) is 0 Å². The minimum absolute atomic E-state index is 0.525. The summed E-state index contributed by atoms with van der Waals surface area (Å²) in [4.78, 5) is 8.96. The predicted molar refractivity (Wildman–Crippen MR) is 96.9 cm³/mol. The van der Waals surface area contributed by atoms with Crippen molar-refractivity contribution in [2.75, 3.05) is 65.8 Å². The highest BCUT2D eigenvalue weighted by atomic mass is 16.5. The third kappa shape index (κ3) is 5.59. The minimum atomic E-state index is 0.525. The van der Waals surface area contributed by atoms with Gasteiger partial charge in [0.05, 0.1) is 33.0 Å². The van der Waals surface area contributed by atoms with Gasteiger partial charge < -0.3 is 24.8 Å². The van der Waals surface area contributed by atoms with Crippen LogP contribution < -0.4 is 10.5 Å². The van der Waals surface area contributed by atoms with E-state index in [0.29, 0.717) is 32.3 Å². The zero-order chi connectivity index (χ0) is 17.3.